The summed E-state index contributed by atoms with van der Waals surface area (Å²) in [5.41, 5.74) is 0.944. The molecule has 0 spiro atoms. The summed E-state index contributed by atoms with van der Waals surface area (Å²) in [5.74, 6) is 0.908. The number of fused-ring (bicyclic) bond motifs is 2. The van der Waals surface area contributed by atoms with Crippen LogP contribution in [0.1, 0.15) is 44.1 Å². The van der Waals surface area contributed by atoms with Crippen molar-refractivity contribution >= 4 is 5.91 Å². The van der Waals surface area contributed by atoms with Gasteiger partial charge in [-0.15, -0.1) is 0 Å². The Kier molecular flexibility index (Phi) is 2.59. The first-order chi connectivity index (χ1) is 10.1. The highest BCUT2D eigenvalue weighted by Gasteiger charge is 2.57. The zero-order valence-corrected chi connectivity index (χ0v) is 12.1. The summed E-state index contributed by atoms with van der Waals surface area (Å²) in [4.78, 5) is 12.5. The fourth-order valence-corrected chi connectivity index (χ4v) is 4.30. The molecule has 2 bridgehead atoms. The number of aliphatic hydroxyl groups is 1. The highest BCUT2D eigenvalue weighted by molar-refractivity contribution is 5.97. The SMILES string of the molecule is C/C(O)=C1/C(=O)N[C@@]23CCCC[C@@H]2[C@@H]1c1ccccc1O3. The van der Waals surface area contributed by atoms with Crippen LogP contribution in [-0.4, -0.2) is 16.7 Å². The van der Waals surface area contributed by atoms with Gasteiger partial charge < -0.3 is 15.2 Å². The van der Waals surface area contributed by atoms with Crippen molar-refractivity contribution in [1.82, 2.24) is 5.32 Å². The number of rotatable bonds is 0. The average molecular weight is 285 g/mol. The Balaban J connectivity index is 1.97. The average Bonchev–Trinajstić information content (AvgIpc) is 2.45. The van der Waals surface area contributed by atoms with E-state index in [4.69, 9.17) is 4.74 Å². The minimum absolute atomic E-state index is 0.0611. The smallest absolute Gasteiger partial charge is 0.254 e. The monoisotopic (exact) mass is 285 g/mol. The summed E-state index contributed by atoms with van der Waals surface area (Å²) in [5, 5.41) is 13.1. The Morgan fingerprint density at radius 2 is 2.19 bits per heavy atom. The van der Waals surface area contributed by atoms with Crippen LogP contribution in [0.4, 0.5) is 0 Å². The van der Waals surface area contributed by atoms with Crippen LogP contribution in [0.2, 0.25) is 0 Å². The number of aliphatic hydroxyl groups excluding tert-OH is 1. The van der Waals surface area contributed by atoms with Crippen molar-refractivity contribution in [3.63, 3.8) is 0 Å². The van der Waals surface area contributed by atoms with E-state index in [9.17, 15) is 9.90 Å². The molecule has 1 aliphatic carbocycles. The van der Waals surface area contributed by atoms with Crippen LogP contribution < -0.4 is 10.1 Å². The van der Waals surface area contributed by atoms with E-state index in [1.165, 1.54) is 0 Å². The molecule has 0 radical (unpaired) electrons. The largest absolute Gasteiger partial charge is 0.512 e. The molecule has 4 nitrogen and oxygen atoms in total. The van der Waals surface area contributed by atoms with E-state index in [2.05, 4.69) is 5.32 Å². The lowest BCUT2D eigenvalue weighted by Gasteiger charge is -2.54. The zero-order chi connectivity index (χ0) is 14.6. The van der Waals surface area contributed by atoms with Gasteiger partial charge >= 0.3 is 0 Å². The third-order valence-corrected chi connectivity index (χ3v) is 5.13. The number of benzene rings is 1. The molecule has 2 N–H and O–H groups in total. The van der Waals surface area contributed by atoms with Gasteiger partial charge in [-0.2, -0.15) is 0 Å². The number of carbonyl (C=O) groups is 1. The third kappa shape index (κ3) is 1.65. The molecule has 4 heteroatoms. The summed E-state index contributed by atoms with van der Waals surface area (Å²) in [7, 11) is 0. The number of ether oxygens (including phenoxy) is 1. The van der Waals surface area contributed by atoms with Crippen molar-refractivity contribution in [1.29, 1.82) is 0 Å². The van der Waals surface area contributed by atoms with E-state index in [1.807, 2.05) is 24.3 Å². The number of hydrogen-bond donors (Lipinski definition) is 2. The van der Waals surface area contributed by atoms with E-state index in [1.54, 1.807) is 6.92 Å². The van der Waals surface area contributed by atoms with Gasteiger partial charge in [0, 0.05) is 23.8 Å². The minimum atomic E-state index is -0.590. The summed E-state index contributed by atoms with van der Waals surface area (Å²) in [6.45, 7) is 1.60. The van der Waals surface area contributed by atoms with Gasteiger partial charge in [-0.1, -0.05) is 24.6 Å². The van der Waals surface area contributed by atoms with E-state index in [-0.39, 0.29) is 23.5 Å². The van der Waals surface area contributed by atoms with Crippen LogP contribution in [0.5, 0.6) is 5.75 Å². The lowest BCUT2D eigenvalue weighted by Crippen LogP contribution is -2.66. The van der Waals surface area contributed by atoms with Crippen molar-refractivity contribution in [2.45, 2.75) is 44.2 Å². The summed E-state index contributed by atoms with van der Waals surface area (Å²) < 4.78 is 6.26. The topological polar surface area (TPSA) is 58.6 Å². The van der Waals surface area contributed by atoms with Crippen LogP contribution >= 0.6 is 0 Å². The first-order valence-electron chi connectivity index (χ1n) is 7.62. The molecule has 3 aliphatic rings. The second kappa shape index (κ2) is 4.26. The molecule has 0 aromatic heterocycles. The molecule has 2 fully saturated rings. The van der Waals surface area contributed by atoms with Crippen LogP contribution in [-0.2, 0) is 4.79 Å². The van der Waals surface area contributed by atoms with Crippen molar-refractivity contribution < 1.29 is 14.6 Å². The van der Waals surface area contributed by atoms with Crippen molar-refractivity contribution in [2.24, 2.45) is 5.92 Å². The second-order valence-electron chi connectivity index (χ2n) is 6.31. The maximum atomic E-state index is 12.5. The van der Waals surface area contributed by atoms with Gasteiger partial charge in [-0.3, -0.25) is 4.79 Å². The summed E-state index contributed by atoms with van der Waals surface area (Å²) in [6, 6.07) is 7.89. The predicted molar refractivity (Wildman–Crippen MR) is 78.0 cm³/mol. The van der Waals surface area contributed by atoms with Crippen LogP contribution in [0.25, 0.3) is 0 Å². The molecule has 1 aromatic rings. The standard InChI is InChI=1S/C17H19NO3/c1-10(19)14-15-11-6-2-3-8-13(11)21-17(18-16(14)20)9-5-4-7-12(15)17/h2-3,6,8,12,15,19H,4-5,7,9H2,1H3,(H,18,20)/b14-10-/t12-,15+,17-/m1/s1. The van der Waals surface area contributed by atoms with Crippen molar-refractivity contribution in [3.8, 4) is 5.75 Å². The molecule has 1 aromatic carbocycles. The van der Waals surface area contributed by atoms with Gasteiger partial charge in [0.2, 0.25) is 0 Å². The molecule has 21 heavy (non-hydrogen) atoms. The Morgan fingerprint density at radius 3 is 3.00 bits per heavy atom. The van der Waals surface area contributed by atoms with Gasteiger partial charge in [0.05, 0.1) is 11.3 Å². The second-order valence-corrected chi connectivity index (χ2v) is 6.31. The normalized spacial score (nSPS) is 36.0. The molecule has 0 unspecified atom stereocenters. The number of allylic oxidation sites excluding steroid dienone is 1. The Hall–Kier alpha value is -1.97. The Labute approximate surface area is 123 Å². The molecule has 3 atom stereocenters. The maximum Gasteiger partial charge on any atom is 0.254 e. The molecule has 1 saturated carbocycles. The summed E-state index contributed by atoms with van der Waals surface area (Å²) >= 11 is 0. The molecule has 4 rings (SSSR count). The molecule has 1 amide bonds. The first-order valence-corrected chi connectivity index (χ1v) is 7.62. The minimum Gasteiger partial charge on any atom is -0.512 e. The number of nitrogens with one attached hydrogen (secondary N) is 1. The predicted octanol–water partition coefficient (Wildman–Crippen LogP) is 3.01. The quantitative estimate of drug-likeness (QED) is 0.569. The number of amides is 1. The fourth-order valence-electron chi connectivity index (χ4n) is 4.30. The first kappa shape index (κ1) is 12.7. The molecule has 1 saturated heterocycles. The van der Waals surface area contributed by atoms with E-state index < -0.39 is 5.72 Å². The van der Waals surface area contributed by atoms with Gasteiger partial charge in [0.25, 0.3) is 5.91 Å². The molecule has 2 aliphatic heterocycles. The number of hydrogen-bond acceptors (Lipinski definition) is 3. The number of carbonyl (C=O) groups excluding carboxylic acids is 1. The number of piperidine rings is 1. The van der Waals surface area contributed by atoms with Gasteiger partial charge in [-0.25, -0.2) is 0 Å². The van der Waals surface area contributed by atoms with Crippen molar-refractivity contribution in [3.05, 3.63) is 41.2 Å². The van der Waals surface area contributed by atoms with Gasteiger partial charge in [0.1, 0.15) is 5.75 Å². The maximum absolute atomic E-state index is 12.5. The molecule has 110 valence electrons. The van der Waals surface area contributed by atoms with Crippen LogP contribution in [0.15, 0.2) is 35.6 Å². The van der Waals surface area contributed by atoms with Crippen LogP contribution in [0, 0.1) is 5.92 Å². The molecule has 2 heterocycles. The Morgan fingerprint density at radius 1 is 1.38 bits per heavy atom. The highest BCUT2D eigenvalue weighted by atomic mass is 16.5. The molecular formula is C17H19NO3. The fraction of sp³-hybridized carbons (Fsp3) is 0.471. The van der Waals surface area contributed by atoms with E-state index >= 15 is 0 Å². The lowest BCUT2D eigenvalue weighted by molar-refractivity contribution is -0.140. The van der Waals surface area contributed by atoms with Crippen molar-refractivity contribution in [2.75, 3.05) is 0 Å². The zero-order valence-electron chi connectivity index (χ0n) is 12.1. The number of para-hydroxylation sites is 1. The van der Waals surface area contributed by atoms with E-state index in [0.29, 0.717) is 5.57 Å². The van der Waals surface area contributed by atoms with E-state index in [0.717, 1.165) is 37.0 Å². The third-order valence-electron chi connectivity index (χ3n) is 5.13. The van der Waals surface area contributed by atoms with Crippen LogP contribution in [0.3, 0.4) is 0 Å². The molecular weight excluding hydrogens is 266 g/mol. The summed E-state index contributed by atoms with van der Waals surface area (Å²) in [6.07, 6.45) is 4.05. The van der Waals surface area contributed by atoms with Gasteiger partial charge in [-0.05, 0) is 25.8 Å². The highest BCUT2D eigenvalue weighted by Crippen LogP contribution is 2.55. The van der Waals surface area contributed by atoms with Gasteiger partial charge in [0.15, 0.2) is 5.72 Å². The Bertz CT molecular complexity index is 647. The lowest BCUT2D eigenvalue weighted by atomic mass is 9.64.